The molecule has 0 aliphatic rings. The van der Waals surface area contributed by atoms with Crippen LogP contribution in [-0.4, -0.2) is 26.6 Å². The van der Waals surface area contributed by atoms with E-state index in [9.17, 15) is 9.59 Å². The Balaban J connectivity index is 1.43. The summed E-state index contributed by atoms with van der Waals surface area (Å²) in [7, 11) is 0. The summed E-state index contributed by atoms with van der Waals surface area (Å²) in [6.45, 7) is 3.87. The van der Waals surface area contributed by atoms with Crippen molar-refractivity contribution in [1.29, 1.82) is 0 Å². The first kappa shape index (κ1) is 20.5. The number of carbonyl (C=O) groups excluding carboxylic acids is 2. The standard InChI is InChI=1S/C23H21N5O2S/c1-15-5-3-6-17(9-15)10-21(29)26-19-12-24-28(13-19)20-8-4-7-18(11-20)22(30)27-23-25-16(2)14-31-23/h3-9,11-14H,10H2,1-2H3,(H,26,29)(H,25,27,30). The number of carbonyl (C=O) groups is 2. The minimum absolute atomic E-state index is 0.114. The molecule has 0 saturated heterocycles. The number of thiazole rings is 1. The molecule has 31 heavy (non-hydrogen) atoms. The summed E-state index contributed by atoms with van der Waals surface area (Å²) >= 11 is 1.38. The Bertz CT molecular complexity index is 1240. The van der Waals surface area contributed by atoms with Crippen molar-refractivity contribution in [3.8, 4) is 5.69 Å². The van der Waals surface area contributed by atoms with Gasteiger partial charge in [0, 0.05) is 10.9 Å². The first-order valence-electron chi connectivity index (χ1n) is 9.70. The molecule has 0 radical (unpaired) electrons. The number of rotatable bonds is 6. The summed E-state index contributed by atoms with van der Waals surface area (Å²) in [6.07, 6.45) is 3.59. The van der Waals surface area contributed by atoms with Gasteiger partial charge < -0.3 is 5.32 Å². The lowest BCUT2D eigenvalue weighted by molar-refractivity contribution is -0.115. The molecular formula is C23H21N5O2S. The molecule has 2 aromatic carbocycles. The van der Waals surface area contributed by atoms with E-state index in [0.717, 1.165) is 16.8 Å². The third kappa shape index (κ3) is 5.23. The van der Waals surface area contributed by atoms with Crippen molar-refractivity contribution in [2.75, 3.05) is 10.6 Å². The maximum atomic E-state index is 12.5. The number of anilines is 2. The quantitative estimate of drug-likeness (QED) is 0.474. The summed E-state index contributed by atoms with van der Waals surface area (Å²) in [5, 5.41) is 12.4. The molecule has 0 bridgehead atoms. The molecule has 0 fully saturated rings. The predicted molar refractivity (Wildman–Crippen MR) is 122 cm³/mol. The smallest absolute Gasteiger partial charge is 0.257 e. The molecule has 8 heteroatoms. The van der Waals surface area contributed by atoms with Crippen molar-refractivity contribution in [3.05, 3.63) is 88.7 Å². The molecule has 0 unspecified atom stereocenters. The van der Waals surface area contributed by atoms with Gasteiger partial charge in [-0.1, -0.05) is 35.9 Å². The van der Waals surface area contributed by atoms with E-state index < -0.39 is 0 Å². The van der Waals surface area contributed by atoms with Gasteiger partial charge in [0.1, 0.15) is 0 Å². The number of aryl methyl sites for hydroxylation is 2. The highest BCUT2D eigenvalue weighted by molar-refractivity contribution is 7.13. The Morgan fingerprint density at radius 2 is 1.90 bits per heavy atom. The number of benzene rings is 2. The zero-order valence-electron chi connectivity index (χ0n) is 17.1. The minimum atomic E-state index is -0.241. The number of hydrogen-bond donors (Lipinski definition) is 2. The molecule has 2 N–H and O–H groups in total. The molecule has 0 aliphatic carbocycles. The average Bonchev–Trinajstić information content (AvgIpc) is 3.37. The molecule has 0 atom stereocenters. The van der Waals surface area contributed by atoms with Crippen LogP contribution in [0.5, 0.6) is 0 Å². The second kappa shape index (κ2) is 8.93. The van der Waals surface area contributed by atoms with Gasteiger partial charge in [0.25, 0.3) is 5.91 Å². The van der Waals surface area contributed by atoms with Gasteiger partial charge in [-0.05, 0) is 37.6 Å². The molecule has 0 aliphatic heterocycles. The van der Waals surface area contributed by atoms with Crippen LogP contribution in [0.4, 0.5) is 10.8 Å². The molecule has 0 spiro atoms. The molecule has 4 rings (SSSR count). The average molecular weight is 432 g/mol. The van der Waals surface area contributed by atoms with Crippen LogP contribution in [0.1, 0.15) is 27.2 Å². The van der Waals surface area contributed by atoms with E-state index >= 15 is 0 Å². The maximum Gasteiger partial charge on any atom is 0.257 e. The monoisotopic (exact) mass is 431 g/mol. The van der Waals surface area contributed by atoms with Gasteiger partial charge in [-0.2, -0.15) is 5.10 Å². The Kier molecular flexibility index (Phi) is 5.90. The lowest BCUT2D eigenvalue weighted by atomic mass is 10.1. The van der Waals surface area contributed by atoms with Crippen molar-refractivity contribution >= 4 is 34.0 Å². The Morgan fingerprint density at radius 1 is 1.06 bits per heavy atom. The van der Waals surface area contributed by atoms with E-state index in [1.54, 1.807) is 35.3 Å². The van der Waals surface area contributed by atoms with Gasteiger partial charge >= 0.3 is 0 Å². The van der Waals surface area contributed by atoms with Crippen molar-refractivity contribution < 1.29 is 9.59 Å². The fourth-order valence-corrected chi connectivity index (χ4v) is 3.79. The zero-order valence-corrected chi connectivity index (χ0v) is 17.9. The summed E-state index contributed by atoms with van der Waals surface area (Å²) in [4.78, 5) is 29.1. The normalized spacial score (nSPS) is 10.6. The van der Waals surface area contributed by atoms with E-state index in [1.807, 2.05) is 49.6 Å². The number of aromatic nitrogens is 3. The van der Waals surface area contributed by atoms with Gasteiger partial charge in [-0.15, -0.1) is 11.3 Å². The summed E-state index contributed by atoms with van der Waals surface area (Å²) in [5.41, 5.74) is 4.73. The van der Waals surface area contributed by atoms with Crippen LogP contribution >= 0.6 is 11.3 Å². The fraction of sp³-hybridized carbons (Fsp3) is 0.130. The summed E-state index contributed by atoms with van der Waals surface area (Å²) in [6, 6.07) is 15.0. The van der Waals surface area contributed by atoms with Crippen molar-refractivity contribution in [2.45, 2.75) is 20.3 Å². The molecule has 156 valence electrons. The molecule has 2 aromatic heterocycles. The van der Waals surface area contributed by atoms with Gasteiger partial charge in [-0.3, -0.25) is 14.9 Å². The van der Waals surface area contributed by atoms with E-state index in [1.165, 1.54) is 11.3 Å². The van der Waals surface area contributed by atoms with Crippen molar-refractivity contribution in [1.82, 2.24) is 14.8 Å². The van der Waals surface area contributed by atoms with Crippen LogP contribution in [0, 0.1) is 13.8 Å². The van der Waals surface area contributed by atoms with Gasteiger partial charge in [0.05, 0.1) is 35.9 Å². The number of nitrogens with one attached hydrogen (secondary N) is 2. The third-order valence-electron chi connectivity index (χ3n) is 4.53. The Hall–Kier alpha value is -3.78. The Morgan fingerprint density at radius 3 is 2.68 bits per heavy atom. The van der Waals surface area contributed by atoms with E-state index in [-0.39, 0.29) is 11.8 Å². The number of amides is 2. The van der Waals surface area contributed by atoms with Crippen LogP contribution in [0.2, 0.25) is 0 Å². The first-order chi connectivity index (χ1) is 15.0. The van der Waals surface area contributed by atoms with Crippen LogP contribution in [0.3, 0.4) is 0 Å². The molecule has 0 saturated carbocycles. The maximum absolute atomic E-state index is 12.5. The van der Waals surface area contributed by atoms with E-state index in [4.69, 9.17) is 0 Å². The van der Waals surface area contributed by atoms with E-state index in [0.29, 0.717) is 28.5 Å². The molecule has 4 aromatic rings. The molecule has 2 heterocycles. The van der Waals surface area contributed by atoms with E-state index in [2.05, 4.69) is 20.7 Å². The highest BCUT2D eigenvalue weighted by Crippen LogP contribution is 2.18. The van der Waals surface area contributed by atoms with Crippen LogP contribution in [0.15, 0.2) is 66.3 Å². The molecule has 7 nitrogen and oxygen atoms in total. The van der Waals surface area contributed by atoms with Gasteiger partial charge in [0.15, 0.2) is 5.13 Å². The largest absolute Gasteiger partial charge is 0.323 e. The second-order valence-electron chi connectivity index (χ2n) is 7.19. The number of hydrogen-bond acceptors (Lipinski definition) is 5. The van der Waals surface area contributed by atoms with Crippen LogP contribution in [0.25, 0.3) is 5.69 Å². The number of nitrogens with zero attached hydrogens (tertiary/aromatic N) is 3. The Labute approximate surface area is 183 Å². The fourth-order valence-electron chi connectivity index (χ4n) is 3.11. The lowest BCUT2D eigenvalue weighted by Gasteiger charge is -2.06. The minimum Gasteiger partial charge on any atom is -0.323 e. The topological polar surface area (TPSA) is 88.9 Å². The van der Waals surface area contributed by atoms with Gasteiger partial charge in [-0.25, -0.2) is 9.67 Å². The predicted octanol–water partition coefficient (Wildman–Crippen LogP) is 4.38. The van der Waals surface area contributed by atoms with Gasteiger partial charge in [0.2, 0.25) is 5.91 Å². The van der Waals surface area contributed by atoms with Crippen molar-refractivity contribution in [3.63, 3.8) is 0 Å². The second-order valence-corrected chi connectivity index (χ2v) is 8.04. The van der Waals surface area contributed by atoms with Crippen molar-refractivity contribution in [2.24, 2.45) is 0 Å². The van der Waals surface area contributed by atoms with Crippen LogP contribution < -0.4 is 10.6 Å². The summed E-state index contributed by atoms with van der Waals surface area (Å²) < 4.78 is 1.62. The lowest BCUT2D eigenvalue weighted by Crippen LogP contribution is -2.14. The summed E-state index contributed by atoms with van der Waals surface area (Å²) in [5.74, 6) is -0.355. The highest BCUT2D eigenvalue weighted by Gasteiger charge is 2.11. The third-order valence-corrected chi connectivity index (χ3v) is 5.40. The highest BCUT2D eigenvalue weighted by atomic mass is 32.1. The SMILES string of the molecule is Cc1cccc(CC(=O)Nc2cnn(-c3cccc(C(=O)Nc4nc(C)cs4)c3)c2)c1. The molecule has 2 amide bonds. The molecular weight excluding hydrogens is 410 g/mol. The zero-order chi connectivity index (χ0) is 21.8. The first-order valence-corrected chi connectivity index (χ1v) is 10.6. The van der Waals surface area contributed by atoms with Crippen LogP contribution in [-0.2, 0) is 11.2 Å².